The first-order chi connectivity index (χ1) is 12.9. The number of aromatic nitrogens is 2. The van der Waals surface area contributed by atoms with Crippen LogP contribution in [0.25, 0.3) is 0 Å². The van der Waals surface area contributed by atoms with E-state index in [1.165, 1.54) is 6.20 Å². The molecule has 138 valence electrons. The zero-order chi connectivity index (χ0) is 19.1. The molecule has 0 saturated heterocycles. The van der Waals surface area contributed by atoms with Crippen LogP contribution in [0.15, 0.2) is 30.6 Å². The van der Waals surface area contributed by atoms with E-state index in [2.05, 4.69) is 15.3 Å². The maximum atomic E-state index is 12.3. The third kappa shape index (κ3) is 3.47. The zero-order valence-corrected chi connectivity index (χ0v) is 15.7. The normalized spacial score (nSPS) is 24.9. The number of halogens is 1. The van der Waals surface area contributed by atoms with Crippen molar-refractivity contribution in [3.63, 3.8) is 0 Å². The molecular weight excluding hydrogens is 364 g/mol. The second kappa shape index (κ2) is 6.50. The Kier molecular flexibility index (Phi) is 4.27. The van der Waals surface area contributed by atoms with E-state index in [1.807, 2.05) is 19.1 Å². The topological polar surface area (TPSA) is 87.9 Å². The Morgan fingerprint density at radius 2 is 2.11 bits per heavy atom. The van der Waals surface area contributed by atoms with E-state index in [9.17, 15) is 4.79 Å². The van der Waals surface area contributed by atoms with Crippen molar-refractivity contribution in [2.45, 2.75) is 38.1 Å². The van der Waals surface area contributed by atoms with Gasteiger partial charge in [-0.25, -0.2) is 9.97 Å². The molecule has 2 aromatic rings. The van der Waals surface area contributed by atoms with Gasteiger partial charge in [0.1, 0.15) is 24.2 Å². The highest BCUT2D eigenvalue weighted by Crippen LogP contribution is 2.69. The highest BCUT2D eigenvalue weighted by atomic mass is 35.5. The number of Topliss-reactive ketones (excluding diaryl/α,β-unsaturated/α-hetero) is 1. The van der Waals surface area contributed by atoms with Crippen molar-refractivity contribution in [2.24, 2.45) is 5.41 Å². The van der Waals surface area contributed by atoms with Gasteiger partial charge in [-0.15, -0.1) is 0 Å². The predicted octanol–water partition coefficient (Wildman–Crippen LogP) is 3.68. The number of aryl methyl sites for hydroxylation is 1. The number of ketones is 1. The highest BCUT2D eigenvalue weighted by Gasteiger charge is 2.68. The number of carbonyl (C=O) groups excluding carboxylic acids is 1. The lowest BCUT2D eigenvalue weighted by molar-refractivity contribution is -0.147. The van der Waals surface area contributed by atoms with Crippen LogP contribution in [0.1, 0.15) is 36.9 Å². The maximum absolute atomic E-state index is 12.3. The van der Waals surface area contributed by atoms with Gasteiger partial charge in [0.15, 0.2) is 11.5 Å². The molecule has 0 aliphatic heterocycles. The summed E-state index contributed by atoms with van der Waals surface area (Å²) in [6.07, 6.45) is 6.44. The van der Waals surface area contributed by atoms with Crippen molar-refractivity contribution in [3.05, 3.63) is 46.9 Å². The molecule has 0 amide bonds. The Labute approximate surface area is 162 Å². The first kappa shape index (κ1) is 17.7. The van der Waals surface area contributed by atoms with Gasteiger partial charge in [0.05, 0.1) is 12.4 Å². The average molecular weight is 383 g/mol. The molecule has 2 bridgehead atoms. The van der Waals surface area contributed by atoms with Crippen LogP contribution in [0.4, 0.5) is 5.82 Å². The van der Waals surface area contributed by atoms with E-state index in [0.29, 0.717) is 28.7 Å². The molecule has 27 heavy (non-hydrogen) atoms. The SMILES string of the molecule is Cc1cc(OCC(=O)CC23CC(Nc4cnc(C#N)cn4)(C2)C3)ccc1Cl. The van der Waals surface area contributed by atoms with Crippen molar-refractivity contribution >= 4 is 23.2 Å². The molecule has 3 fully saturated rings. The van der Waals surface area contributed by atoms with Gasteiger partial charge in [0.25, 0.3) is 0 Å². The fourth-order valence-corrected chi connectivity index (χ4v) is 4.50. The summed E-state index contributed by atoms with van der Waals surface area (Å²) in [5.41, 5.74) is 1.36. The monoisotopic (exact) mass is 382 g/mol. The van der Waals surface area contributed by atoms with E-state index in [1.54, 1.807) is 18.3 Å². The van der Waals surface area contributed by atoms with Gasteiger partial charge in [0.2, 0.25) is 0 Å². The van der Waals surface area contributed by atoms with Crippen LogP contribution >= 0.6 is 11.6 Å². The number of ether oxygens (including phenoxy) is 1. The minimum absolute atomic E-state index is 0.0251. The summed E-state index contributed by atoms with van der Waals surface area (Å²) in [5.74, 6) is 1.46. The van der Waals surface area contributed by atoms with Crippen molar-refractivity contribution in [3.8, 4) is 11.8 Å². The Hall–Kier alpha value is -2.65. The Balaban J connectivity index is 1.24. The molecule has 1 aromatic carbocycles. The summed E-state index contributed by atoms with van der Waals surface area (Å²) in [4.78, 5) is 20.5. The number of hydrogen-bond donors (Lipinski definition) is 1. The fraction of sp³-hybridized carbons (Fsp3) is 0.400. The van der Waals surface area contributed by atoms with E-state index in [4.69, 9.17) is 21.6 Å². The molecule has 3 saturated carbocycles. The van der Waals surface area contributed by atoms with Crippen LogP contribution in [0.2, 0.25) is 5.02 Å². The Bertz CT molecular complexity index is 916. The molecule has 1 heterocycles. The van der Waals surface area contributed by atoms with Gasteiger partial charge < -0.3 is 10.1 Å². The number of nitriles is 1. The number of carbonyl (C=O) groups is 1. The molecule has 6 nitrogen and oxygen atoms in total. The molecule has 1 aromatic heterocycles. The van der Waals surface area contributed by atoms with Crippen LogP contribution in [-0.2, 0) is 4.79 Å². The fourth-order valence-electron chi connectivity index (χ4n) is 4.38. The second-order valence-corrected chi connectivity index (χ2v) is 8.16. The summed E-state index contributed by atoms with van der Waals surface area (Å²) < 4.78 is 5.61. The molecule has 0 atom stereocenters. The highest BCUT2D eigenvalue weighted by molar-refractivity contribution is 6.31. The van der Waals surface area contributed by atoms with Gasteiger partial charge in [-0.2, -0.15) is 5.26 Å². The Morgan fingerprint density at radius 3 is 2.74 bits per heavy atom. The molecule has 3 aliphatic rings. The number of anilines is 1. The maximum Gasteiger partial charge on any atom is 0.170 e. The quantitative estimate of drug-likeness (QED) is 0.785. The number of nitrogens with zero attached hydrogens (tertiary/aromatic N) is 3. The van der Waals surface area contributed by atoms with Crippen LogP contribution in [0.5, 0.6) is 5.75 Å². The summed E-state index contributed by atoms with van der Waals surface area (Å²) >= 11 is 6.00. The molecule has 3 aliphatic carbocycles. The first-order valence-electron chi connectivity index (χ1n) is 8.82. The lowest BCUT2D eigenvalue weighted by Crippen LogP contribution is -2.71. The summed E-state index contributed by atoms with van der Waals surface area (Å²) in [6.45, 7) is 1.99. The third-order valence-electron chi connectivity index (χ3n) is 5.40. The summed E-state index contributed by atoms with van der Waals surface area (Å²) in [6, 6.07) is 7.35. The van der Waals surface area contributed by atoms with Crippen molar-refractivity contribution in [1.29, 1.82) is 5.26 Å². The Morgan fingerprint density at radius 1 is 1.33 bits per heavy atom. The lowest BCUT2D eigenvalue weighted by atomic mass is 9.38. The average Bonchev–Trinajstić information content (AvgIpc) is 2.60. The van der Waals surface area contributed by atoms with E-state index in [-0.39, 0.29) is 23.3 Å². The number of nitrogens with one attached hydrogen (secondary N) is 1. The van der Waals surface area contributed by atoms with Crippen molar-refractivity contribution < 1.29 is 9.53 Å². The molecule has 7 heteroatoms. The summed E-state index contributed by atoms with van der Waals surface area (Å²) in [5, 5.41) is 12.9. The van der Waals surface area contributed by atoms with Crippen LogP contribution < -0.4 is 10.1 Å². The molecule has 0 unspecified atom stereocenters. The zero-order valence-electron chi connectivity index (χ0n) is 15.0. The molecular formula is C20H19ClN4O2. The molecule has 5 rings (SSSR count). The van der Waals surface area contributed by atoms with Gasteiger partial charge in [-0.3, -0.25) is 4.79 Å². The van der Waals surface area contributed by atoms with E-state index in [0.717, 1.165) is 24.8 Å². The van der Waals surface area contributed by atoms with Crippen LogP contribution in [-0.4, -0.2) is 27.9 Å². The number of benzene rings is 1. The number of rotatable bonds is 7. The largest absolute Gasteiger partial charge is 0.486 e. The number of hydrogen-bond acceptors (Lipinski definition) is 6. The standard InChI is InChI=1S/C20H19ClN4O2/c1-13-4-16(2-3-17(13)21)27-9-15(26)5-19-10-20(11-19,12-19)25-18-8-23-14(6-22)7-24-18/h2-4,7-8H,5,9-12H2,1H3,(H,24,25). The molecule has 0 spiro atoms. The van der Waals surface area contributed by atoms with E-state index >= 15 is 0 Å². The molecule has 0 radical (unpaired) electrons. The van der Waals surface area contributed by atoms with Gasteiger partial charge in [-0.1, -0.05) is 11.6 Å². The minimum atomic E-state index is 0.0251. The molecule has 1 N–H and O–H groups in total. The van der Waals surface area contributed by atoms with Crippen molar-refractivity contribution in [1.82, 2.24) is 9.97 Å². The smallest absolute Gasteiger partial charge is 0.170 e. The third-order valence-corrected chi connectivity index (χ3v) is 5.83. The minimum Gasteiger partial charge on any atom is -0.486 e. The lowest BCUT2D eigenvalue weighted by Gasteiger charge is -2.70. The van der Waals surface area contributed by atoms with Gasteiger partial charge >= 0.3 is 0 Å². The van der Waals surface area contributed by atoms with Gasteiger partial charge in [-0.05, 0) is 55.4 Å². The van der Waals surface area contributed by atoms with Crippen LogP contribution in [0, 0.1) is 23.7 Å². The van der Waals surface area contributed by atoms with Crippen LogP contribution in [0.3, 0.4) is 0 Å². The second-order valence-electron chi connectivity index (χ2n) is 7.75. The summed E-state index contributed by atoms with van der Waals surface area (Å²) in [7, 11) is 0. The first-order valence-corrected chi connectivity index (χ1v) is 9.20. The van der Waals surface area contributed by atoms with E-state index < -0.39 is 0 Å². The van der Waals surface area contributed by atoms with Gasteiger partial charge in [0, 0.05) is 17.0 Å². The van der Waals surface area contributed by atoms with Crippen molar-refractivity contribution in [2.75, 3.05) is 11.9 Å². The predicted molar refractivity (Wildman–Crippen MR) is 101 cm³/mol.